The lowest BCUT2D eigenvalue weighted by Gasteiger charge is -2.18. The average molecular weight is 411 g/mol. The summed E-state index contributed by atoms with van der Waals surface area (Å²) in [4.78, 5) is 30.9. The fourth-order valence-electron chi connectivity index (χ4n) is 3.83. The maximum Gasteiger partial charge on any atom is 0.329 e. The van der Waals surface area contributed by atoms with E-state index < -0.39 is 12.0 Å². The predicted molar refractivity (Wildman–Crippen MR) is 117 cm³/mol. The smallest absolute Gasteiger partial charge is 0.329 e. The zero-order valence-electron chi connectivity index (χ0n) is 17.1. The normalized spacial score (nSPS) is 15.7. The van der Waals surface area contributed by atoms with Crippen LogP contribution in [-0.2, 0) is 22.4 Å². The maximum absolute atomic E-state index is 13.3. The molecule has 2 unspecified atom stereocenters. The van der Waals surface area contributed by atoms with Crippen LogP contribution in [0.2, 0.25) is 0 Å². The summed E-state index contributed by atoms with van der Waals surface area (Å²) in [6.45, 7) is 5.49. The van der Waals surface area contributed by atoms with Gasteiger partial charge < -0.3 is 4.74 Å². The second kappa shape index (κ2) is 8.11. The molecule has 0 spiro atoms. The van der Waals surface area contributed by atoms with Crippen LogP contribution in [0.4, 0.5) is 0 Å². The molecule has 2 aromatic heterocycles. The molecular formula is C23H26N2O3S. The Morgan fingerprint density at radius 2 is 2.00 bits per heavy atom. The number of hydrogen-bond donors (Lipinski definition) is 0. The van der Waals surface area contributed by atoms with E-state index in [0.717, 1.165) is 30.4 Å². The second-order valence-electron chi connectivity index (χ2n) is 7.81. The molecule has 0 fully saturated rings. The van der Waals surface area contributed by atoms with Gasteiger partial charge in [0, 0.05) is 10.9 Å². The number of aryl methyl sites for hydroxylation is 2. The third-order valence-electron chi connectivity index (χ3n) is 5.83. The number of rotatable bonds is 5. The van der Waals surface area contributed by atoms with Crippen molar-refractivity contribution in [1.29, 1.82) is 0 Å². The van der Waals surface area contributed by atoms with Crippen molar-refractivity contribution in [3.05, 3.63) is 51.4 Å². The van der Waals surface area contributed by atoms with Crippen molar-refractivity contribution in [2.75, 3.05) is 0 Å². The Labute approximate surface area is 174 Å². The van der Waals surface area contributed by atoms with Crippen molar-refractivity contribution < 1.29 is 9.53 Å². The number of thiophene rings is 1. The summed E-state index contributed by atoms with van der Waals surface area (Å²) in [5, 5.41) is 2.58. The highest BCUT2D eigenvalue weighted by Gasteiger charge is 2.23. The number of esters is 1. The highest BCUT2D eigenvalue weighted by atomic mass is 32.1. The van der Waals surface area contributed by atoms with Gasteiger partial charge in [-0.3, -0.25) is 9.36 Å². The molecule has 0 amide bonds. The Morgan fingerprint density at radius 1 is 1.24 bits per heavy atom. The summed E-state index contributed by atoms with van der Waals surface area (Å²) in [5.74, 6) is -0.409. The Bertz CT molecular complexity index is 1110. The first-order valence-electron chi connectivity index (χ1n) is 10.3. The van der Waals surface area contributed by atoms with E-state index in [1.165, 1.54) is 46.2 Å². The lowest BCUT2D eigenvalue weighted by Crippen LogP contribution is -2.31. The zero-order valence-corrected chi connectivity index (χ0v) is 17.9. The summed E-state index contributed by atoms with van der Waals surface area (Å²) < 4.78 is 6.81. The van der Waals surface area contributed by atoms with Crippen molar-refractivity contribution in [2.45, 2.75) is 65.0 Å². The monoisotopic (exact) mass is 410 g/mol. The fraction of sp³-hybridized carbons (Fsp3) is 0.435. The number of aromatic nitrogens is 2. The van der Waals surface area contributed by atoms with Gasteiger partial charge in [-0.1, -0.05) is 25.1 Å². The largest absolute Gasteiger partial charge is 0.461 e. The van der Waals surface area contributed by atoms with Gasteiger partial charge in [-0.25, -0.2) is 9.78 Å². The third-order valence-corrected chi connectivity index (χ3v) is 6.72. The second-order valence-corrected chi connectivity index (χ2v) is 8.67. The third kappa shape index (κ3) is 3.73. The van der Waals surface area contributed by atoms with Crippen LogP contribution in [0.5, 0.6) is 0 Å². The molecule has 1 aliphatic carbocycles. The van der Waals surface area contributed by atoms with E-state index >= 15 is 0 Å². The summed E-state index contributed by atoms with van der Waals surface area (Å²) in [6, 6.07) is 5.79. The van der Waals surface area contributed by atoms with Crippen LogP contribution in [0.25, 0.3) is 21.3 Å². The minimum atomic E-state index is -0.718. The van der Waals surface area contributed by atoms with E-state index in [2.05, 4.69) is 23.2 Å². The fourth-order valence-corrected chi connectivity index (χ4v) is 4.74. The first-order chi connectivity index (χ1) is 14.0. The van der Waals surface area contributed by atoms with Crippen LogP contribution >= 0.6 is 11.3 Å². The first kappa shape index (κ1) is 19.8. The first-order valence-corrected chi connectivity index (χ1v) is 11.2. The lowest BCUT2D eigenvalue weighted by atomic mass is 9.89. The molecule has 6 heteroatoms. The minimum absolute atomic E-state index is 0.176. The molecule has 0 N–H and O–H groups in total. The zero-order chi connectivity index (χ0) is 20.5. The van der Waals surface area contributed by atoms with Gasteiger partial charge in [-0.05, 0) is 62.6 Å². The highest BCUT2D eigenvalue weighted by molar-refractivity contribution is 7.17. The van der Waals surface area contributed by atoms with Crippen LogP contribution in [0, 0.1) is 0 Å². The van der Waals surface area contributed by atoms with Crippen molar-refractivity contribution in [2.24, 2.45) is 0 Å². The number of fused-ring (bicyclic) bond motifs is 2. The van der Waals surface area contributed by atoms with Crippen molar-refractivity contribution in [1.82, 2.24) is 9.55 Å². The van der Waals surface area contributed by atoms with Crippen molar-refractivity contribution in [3.63, 3.8) is 0 Å². The van der Waals surface area contributed by atoms with Crippen LogP contribution in [0.3, 0.4) is 0 Å². The molecule has 0 aliphatic heterocycles. The number of hydrogen-bond acceptors (Lipinski definition) is 5. The minimum Gasteiger partial charge on any atom is -0.461 e. The van der Waals surface area contributed by atoms with E-state index in [1.807, 2.05) is 19.2 Å². The summed E-state index contributed by atoms with van der Waals surface area (Å²) in [7, 11) is 0. The number of ether oxygens (including phenoxy) is 1. The summed E-state index contributed by atoms with van der Waals surface area (Å²) in [5.41, 5.74) is 4.54. The molecule has 4 rings (SSSR count). The van der Waals surface area contributed by atoms with E-state index in [4.69, 9.17) is 4.74 Å². The van der Waals surface area contributed by atoms with Gasteiger partial charge in [-0.2, -0.15) is 0 Å². The number of benzene rings is 1. The van der Waals surface area contributed by atoms with Crippen LogP contribution in [-0.4, -0.2) is 21.6 Å². The molecule has 152 valence electrons. The molecular weight excluding hydrogens is 384 g/mol. The van der Waals surface area contributed by atoms with Gasteiger partial charge in [0.15, 0.2) is 0 Å². The van der Waals surface area contributed by atoms with E-state index in [0.29, 0.717) is 10.2 Å². The quantitative estimate of drug-likeness (QED) is 0.561. The van der Waals surface area contributed by atoms with Crippen molar-refractivity contribution in [3.8, 4) is 11.1 Å². The molecule has 0 radical (unpaired) electrons. The van der Waals surface area contributed by atoms with Gasteiger partial charge in [0.1, 0.15) is 10.9 Å². The summed E-state index contributed by atoms with van der Waals surface area (Å²) in [6.07, 6.45) is 6.69. The van der Waals surface area contributed by atoms with E-state index in [9.17, 15) is 9.59 Å². The standard InChI is InChI=1S/C23H26N2O3S/c1-4-14(2)28-23(27)15(3)25-13-24-21-20(22(25)26)19(12-29-21)18-10-9-16-7-5-6-8-17(16)11-18/h9-15H,4-8H2,1-3H3. The van der Waals surface area contributed by atoms with E-state index in [-0.39, 0.29) is 11.7 Å². The molecule has 2 atom stereocenters. The summed E-state index contributed by atoms with van der Waals surface area (Å²) >= 11 is 1.46. The Kier molecular flexibility index (Phi) is 5.54. The molecule has 2 heterocycles. The lowest BCUT2D eigenvalue weighted by molar-refractivity contribution is -0.152. The number of carbonyl (C=O) groups excluding carboxylic acids is 1. The van der Waals surface area contributed by atoms with Crippen LogP contribution < -0.4 is 5.56 Å². The molecule has 0 saturated heterocycles. The Balaban J connectivity index is 1.75. The number of nitrogens with zero attached hydrogens (tertiary/aromatic N) is 2. The topological polar surface area (TPSA) is 61.2 Å². The van der Waals surface area contributed by atoms with E-state index in [1.54, 1.807) is 6.92 Å². The van der Waals surface area contributed by atoms with Crippen molar-refractivity contribution >= 4 is 27.5 Å². The van der Waals surface area contributed by atoms with Gasteiger partial charge >= 0.3 is 5.97 Å². The van der Waals surface area contributed by atoms with Crippen LogP contribution in [0.15, 0.2) is 34.7 Å². The molecule has 1 aromatic carbocycles. The molecule has 0 bridgehead atoms. The van der Waals surface area contributed by atoms with Gasteiger partial charge in [0.05, 0.1) is 17.8 Å². The highest BCUT2D eigenvalue weighted by Crippen LogP contribution is 2.33. The van der Waals surface area contributed by atoms with Crippen LogP contribution in [0.1, 0.15) is 57.2 Å². The molecule has 5 nitrogen and oxygen atoms in total. The SMILES string of the molecule is CCC(C)OC(=O)C(C)n1cnc2scc(-c3ccc4c(c3)CCCC4)c2c1=O. The Morgan fingerprint density at radius 3 is 2.76 bits per heavy atom. The predicted octanol–water partition coefficient (Wildman–Crippen LogP) is 4.91. The maximum atomic E-state index is 13.3. The molecule has 29 heavy (non-hydrogen) atoms. The molecule has 0 saturated carbocycles. The number of carbonyl (C=O) groups is 1. The van der Waals surface area contributed by atoms with Gasteiger partial charge in [0.2, 0.25) is 0 Å². The average Bonchev–Trinajstić information content (AvgIpc) is 3.18. The van der Waals surface area contributed by atoms with Gasteiger partial charge in [-0.15, -0.1) is 11.3 Å². The Hall–Kier alpha value is -2.47. The molecule has 3 aromatic rings. The van der Waals surface area contributed by atoms with Gasteiger partial charge in [0.25, 0.3) is 5.56 Å². The molecule has 1 aliphatic rings.